The summed E-state index contributed by atoms with van der Waals surface area (Å²) in [6.07, 6.45) is 4.04. The first kappa shape index (κ1) is 14.4. The van der Waals surface area contributed by atoms with Gasteiger partial charge < -0.3 is 5.32 Å². The quantitative estimate of drug-likeness (QED) is 0.756. The third kappa shape index (κ3) is 4.24. The lowest BCUT2D eigenvalue weighted by Crippen LogP contribution is -2.23. The van der Waals surface area contributed by atoms with Crippen molar-refractivity contribution in [1.29, 1.82) is 0 Å². The molecule has 1 aromatic carbocycles. The van der Waals surface area contributed by atoms with Gasteiger partial charge in [-0.1, -0.05) is 32.9 Å². The zero-order valence-electron chi connectivity index (χ0n) is 12.7. The van der Waals surface area contributed by atoms with Crippen molar-refractivity contribution in [3.05, 3.63) is 29.8 Å². The molecule has 1 aliphatic rings. The maximum absolute atomic E-state index is 3.72. The maximum atomic E-state index is 3.72. The van der Waals surface area contributed by atoms with Crippen molar-refractivity contribution in [2.24, 2.45) is 5.92 Å². The number of nitrogens with one attached hydrogen (secondary N) is 1. The standard InChI is InChI=1S/C17H28N2/c1-4-17(15-10-11-15)18-16-9-7-8-14(12-16)13-19(5-2)6-3/h7-9,12,15,17-18H,4-6,10-11,13H2,1-3H3. The van der Waals surface area contributed by atoms with Crippen molar-refractivity contribution in [2.75, 3.05) is 18.4 Å². The highest BCUT2D eigenvalue weighted by Gasteiger charge is 2.29. The Hall–Kier alpha value is -1.02. The molecule has 1 saturated carbocycles. The van der Waals surface area contributed by atoms with Gasteiger partial charge in [0.1, 0.15) is 0 Å². The van der Waals surface area contributed by atoms with Crippen LogP contribution in [-0.2, 0) is 6.54 Å². The lowest BCUT2D eigenvalue weighted by Gasteiger charge is -2.20. The van der Waals surface area contributed by atoms with E-state index < -0.39 is 0 Å². The Morgan fingerprint density at radius 1 is 1.21 bits per heavy atom. The van der Waals surface area contributed by atoms with Crippen LogP contribution in [0, 0.1) is 5.92 Å². The second kappa shape index (κ2) is 6.95. The summed E-state index contributed by atoms with van der Waals surface area (Å²) in [6, 6.07) is 9.62. The van der Waals surface area contributed by atoms with E-state index in [-0.39, 0.29) is 0 Å². The molecule has 0 bridgehead atoms. The summed E-state index contributed by atoms with van der Waals surface area (Å²) in [4.78, 5) is 2.46. The van der Waals surface area contributed by atoms with Gasteiger partial charge in [0.2, 0.25) is 0 Å². The van der Waals surface area contributed by atoms with Gasteiger partial charge in [0.05, 0.1) is 0 Å². The molecule has 1 aliphatic carbocycles. The Bertz CT molecular complexity index is 381. The SMILES string of the molecule is CCC(Nc1cccc(CN(CC)CC)c1)C1CC1. The average Bonchev–Trinajstić information content (AvgIpc) is 3.27. The molecule has 1 atom stereocenters. The number of hydrogen-bond acceptors (Lipinski definition) is 2. The van der Waals surface area contributed by atoms with Crippen LogP contribution in [0.1, 0.15) is 45.6 Å². The number of nitrogens with zero attached hydrogens (tertiary/aromatic N) is 1. The van der Waals surface area contributed by atoms with Gasteiger partial charge >= 0.3 is 0 Å². The molecule has 0 aromatic heterocycles. The lowest BCUT2D eigenvalue weighted by molar-refractivity contribution is 0.296. The van der Waals surface area contributed by atoms with Crippen molar-refractivity contribution in [1.82, 2.24) is 4.90 Å². The molecule has 1 aromatic rings. The van der Waals surface area contributed by atoms with Crippen LogP contribution in [0.4, 0.5) is 5.69 Å². The van der Waals surface area contributed by atoms with Gasteiger partial charge in [-0.2, -0.15) is 0 Å². The second-order valence-electron chi connectivity index (χ2n) is 5.66. The first-order chi connectivity index (χ1) is 9.26. The molecule has 2 nitrogen and oxygen atoms in total. The van der Waals surface area contributed by atoms with E-state index in [0.29, 0.717) is 6.04 Å². The van der Waals surface area contributed by atoms with Crippen molar-refractivity contribution < 1.29 is 0 Å². The highest BCUT2D eigenvalue weighted by Crippen LogP contribution is 2.35. The Labute approximate surface area is 118 Å². The molecule has 0 aliphatic heterocycles. The summed E-state index contributed by atoms with van der Waals surface area (Å²) in [5, 5.41) is 3.72. The summed E-state index contributed by atoms with van der Waals surface area (Å²) in [5.41, 5.74) is 2.71. The number of hydrogen-bond donors (Lipinski definition) is 1. The first-order valence-corrected chi connectivity index (χ1v) is 7.84. The Morgan fingerprint density at radius 2 is 1.95 bits per heavy atom. The zero-order valence-corrected chi connectivity index (χ0v) is 12.7. The Morgan fingerprint density at radius 3 is 2.53 bits per heavy atom. The van der Waals surface area contributed by atoms with Gasteiger partial charge in [-0.25, -0.2) is 0 Å². The molecule has 0 radical (unpaired) electrons. The minimum Gasteiger partial charge on any atom is -0.382 e. The molecule has 106 valence electrons. The van der Waals surface area contributed by atoms with Crippen molar-refractivity contribution in [3.8, 4) is 0 Å². The van der Waals surface area contributed by atoms with Crippen LogP contribution in [-0.4, -0.2) is 24.0 Å². The number of rotatable bonds is 8. The molecule has 0 heterocycles. The average molecular weight is 260 g/mol. The summed E-state index contributed by atoms with van der Waals surface area (Å²) in [6.45, 7) is 10.0. The predicted molar refractivity (Wildman–Crippen MR) is 83.5 cm³/mol. The first-order valence-electron chi connectivity index (χ1n) is 7.84. The molecule has 1 fully saturated rings. The largest absolute Gasteiger partial charge is 0.382 e. The van der Waals surface area contributed by atoms with Crippen LogP contribution in [0.2, 0.25) is 0 Å². The summed E-state index contributed by atoms with van der Waals surface area (Å²) in [5.74, 6) is 0.913. The predicted octanol–water partition coefficient (Wildman–Crippen LogP) is 4.13. The van der Waals surface area contributed by atoms with E-state index in [1.165, 1.54) is 30.5 Å². The van der Waals surface area contributed by atoms with Crippen molar-refractivity contribution in [3.63, 3.8) is 0 Å². The number of anilines is 1. The minimum absolute atomic E-state index is 0.670. The fourth-order valence-electron chi connectivity index (χ4n) is 2.73. The molecule has 0 amide bonds. The van der Waals surface area contributed by atoms with E-state index in [2.05, 4.69) is 55.3 Å². The van der Waals surface area contributed by atoms with Crippen LogP contribution in [0.15, 0.2) is 24.3 Å². The molecule has 2 heteroatoms. The lowest BCUT2D eigenvalue weighted by atomic mass is 10.1. The van der Waals surface area contributed by atoms with E-state index in [4.69, 9.17) is 0 Å². The van der Waals surface area contributed by atoms with Gasteiger partial charge in [0.25, 0.3) is 0 Å². The summed E-state index contributed by atoms with van der Waals surface area (Å²) >= 11 is 0. The van der Waals surface area contributed by atoms with Crippen molar-refractivity contribution >= 4 is 5.69 Å². The fourth-order valence-corrected chi connectivity index (χ4v) is 2.73. The molecular weight excluding hydrogens is 232 g/mol. The van der Waals surface area contributed by atoms with E-state index in [1.54, 1.807) is 0 Å². The van der Waals surface area contributed by atoms with Gasteiger partial charge in [0, 0.05) is 18.3 Å². The molecule has 1 unspecified atom stereocenters. The monoisotopic (exact) mass is 260 g/mol. The highest BCUT2D eigenvalue weighted by molar-refractivity contribution is 5.46. The van der Waals surface area contributed by atoms with E-state index >= 15 is 0 Å². The van der Waals surface area contributed by atoms with Gasteiger partial charge in [0.15, 0.2) is 0 Å². The second-order valence-corrected chi connectivity index (χ2v) is 5.66. The van der Waals surface area contributed by atoms with Gasteiger partial charge in [-0.15, -0.1) is 0 Å². The van der Waals surface area contributed by atoms with Gasteiger partial charge in [-0.3, -0.25) is 4.90 Å². The number of benzene rings is 1. The van der Waals surface area contributed by atoms with Crippen LogP contribution < -0.4 is 5.32 Å². The van der Waals surface area contributed by atoms with Crippen molar-refractivity contribution in [2.45, 2.75) is 52.6 Å². The Balaban J connectivity index is 1.97. The van der Waals surface area contributed by atoms with E-state index in [0.717, 1.165) is 25.6 Å². The molecular formula is C17H28N2. The zero-order chi connectivity index (χ0) is 13.7. The fraction of sp³-hybridized carbons (Fsp3) is 0.647. The topological polar surface area (TPSA) is 15.3 Å². The van der Waals surface area contributed by atoms with Crippen LogP contribution in [0.25, 0.3) is 0 Å². The van der Waals surface area contributed by atoms with E-state index in [1.807, 2.05) is 0 Å². The molecule has 2 rings (SSSR count). The maximum Gasteiger partial charge on any atom is 0.0345 e. The van der Waals surface area contributed by atoms with Crippen LogP contribution in [0.5, 0.6) is 0 Å². The molecule has 0 saturated heterocycles. The smallest absolute Gasteiger partial charge is 0.0345 e. The normalized spacial score (nSPS) is 16.6. The van der Waals surface area contributed by atoms with Crippen LogP contribution in [0.3, 0.4) is 0 Å². The highest BCUT2D eigenvalue weighted by atomic mass is 15.1. The molecule has 0 spiro atoms. The summed E-state index contributed by atoms with van der Waals surface area (Å²) in [7, 11) is 0. The third-order valence-corrected chi connectivity index (χ3v) is 4.21. The van der Waals surface area contributed by atoms with Gasteiger partial charge in [-0.05, 0) is 56.0 Å². The Kier molecular flexibility index (Phi) is 5.26. The van der Waals surface area contributed by atoms with Crippen LogP contribution >= 0.6 is 0 Å². The van der Waals surface area contributed by atoms with E-state index in [9.17, 15) is 0 Å². The summed E-state index contributed by atoms with van der Waals surface area (Å²) < 4.78 is 0. The third-order valence-electron chi connectivity index (χ3n) is 4.21. The molecule has 19 heavy (non-hydrogen) atoms. The minimum atomic E-state index is 0.670. The molecule has 1 N–H and O–H groups in total.